The Morgan fingerprint density at radius 1 is 1.05 bits per heavy atom. The summed E-state index contributed by atoms with van der Waals surface area (Å²) in [6.45, 7) is 11.6. The first-order chi connectivity index (χ1) is 18.7. The molecule has 1 amide bonds. The van der Waals surface area contributed by atoms with Crippen LogP contribution in [0, 0.1) is 0 Å². The zero-order chi connectivity index (χ0) is 27.6. The van der Waals surface area contributed by atoms with Gasteiger partial charge in [-0.1, -0.05) is 0 Å². The Hall–Kier alpha value is -2.98. The van der Waals surface area contributed by atoms with Gasteiger partial charge in [-0.25, -0.2) is 9.48 Å². The van der Waals surface area contributed by atoms with Crippen LogP contribution >= 0.6 is 0 Å². The van der Waals surface area contributed by atoms with E-state index in [9.17, 15) is 4.79 Å². The maximum absolute atomic E-state index is 12.5. The van der Waals surface area contributed by atoms with Crippen molar-refractivity contribution in [2.45, 2.75) is 70.7 Å². The van der Waals surface area contributed by atoms with Crippen LogP contribution in [0.3, 0.4) is 0 Å². The molecule has 0 radical (unpaired) electrons. The molecule has 4 heterocycles. The molecule has 5 rings (SSSR count). The Kier molecular flexibility index (Phi) is 8.23. The summed E-state index contributed by atoms with van der Waals surface area (Å²) >= 11 is 0. The number of rotatable bonds is 5. The summed E-state index contributed by atoms with van der Waals surface area (Å²) < 4.78 is 19.1. The molecule has 2 aromatic rings. The molecule has 10 nitrogen and oxygen atoms in total. The molecule has 3 fully saturated rings. The molecule has 1 unspecified atom stereocenters. The standard InChI is InChI=1S/C29H44N6O4/c1-29(2,3)39-28(36)34-14-12-32(13-15-34)22-8-10-33(11-9-22)25-18-26(37-4)24(30)17-23(25)21-19-31-35(20-21)27-7-5-6-16-38-27/h17-20,22,27H,5-16,30H2,1-4H3. The molecule has 2 N–H and O–H groups in total. The van der Waals surface area contributed by atoms with E-state index in [0.717, 1.165) is 81.7 Å². The number of carbonyl (C=O) groups excluding carboxylic acids is 1. The largest absolute Gasteiger partial charge is 0.495 e. The van der Waals surface area contributed by atoms with Crippen LogP contribution in [0.2, 0.25) is 0 Å². The summed E-state index contributed by atoms with van der Waals surface area (Å²) in [5, 5.41) is 4.64. The molecular weight excluding hydrogens is 496 g/mol. The van der Waals surface area contributed by atoms with Gasteiger partial charge in [0, 0.05) is 81.0 Å². The molecule has 1 aromatic heterocycles. The van der Waals surface area contributed by atoms with Gasteiger partial charge in [-0.05, 0) is 58.9 Å². The van der Waals surface area contributed by atoms with Gasteiger partial charge in [0.25, 0.3) is 0 Å². The number of aromatic nitrogens is 2. The van der Waals surface area contributed by atoms with E-state index in [2.05, 4.69) is 27.2 Å². The number of nitrogens with zero attached hydrogens (tertiary/aromatic N) is 5. The van der Waals surface area contributed by atoms with E-state index >= 15 is 0 Å². The van der Waals surface area contributed by atoms with E-state index in [1.54, 1.807) is 7.11 Å². The fraction of sp³-hybridized carbons (Fsp3) is 0.655. The molecule has 0 spiro atoms. The van der Waals surface area contributed by atoms with Gasteiger partial charge in [0.05, 0.1) is 19.0 Å². The number of anilines is 2. The highest BCUT2D eigenvalue weighted by Crippen LogP contribution is 2.40. The van der Waals surface area contributed by atoms with E-state index in [0.29, 0.717) is 30.6 Å². The Bertz CT molecular complexity index is 1120. The van der Waals surface area contributed by atoms with Crippen molar-refractivity contribution in [1.82, 2.24) is 19.6 Å². The maximum Gasteiger partial charge on any atom is 0.410 e. The van der Waals surface area contributed by atoms with Crippen LogP contribution in [0.15, 0.2) is 24.5 Å². The minimum absolute atomic E-state index is 0.00178. The summed E-state index contributed by atoms with van der Waals surface area (Å²) in [6, 6.07) is 4.59. The van der Waals surface area contributed by atoms with Crippen LogP contribution in [-0.2, 0) is 9.47 Å². The molecule has 214 valence electrons. The second-order valence-electron chi connectivity index (χ2n) is 11.9. The van der Waals surface area contributed by atoms with Crippen LogP contribution in [0.1, 0.15) is 59.1 Å². The predicted octanol–water partition coefficient (Wildman–Crippen LogP) is 4.36. The van der Waals surface area contributed by atoms with Crippen LogP contribution in [0.5, 0.6) is 5.75 Å². The second-order valence-corrected chi connectivity index (χ2v) is 11.9. The lowest BCUT2D eigenvalue weighted by atomic mass is 9.98. The molecule has 10 heteroatoms. The van der Waals surface area contributed by atoms with Crippen LogP contribution in [0.25, 0.3) is 11.1 Å². The molecule has 1 aromatic carbocycles. The average molecular weight is 541 g/mol. The van der Waals surface area contributed by atoms with Gasteiger partial charge in [-0.2, -0.15) is 5.10 Å². The number of nitrogens with two attached hydrogens (primary N) is 1. The van der Waals surface area contributed by atoms with Gasteiger partial charge in [0.1, 0.15) is 17.6 Å². The number of piperidine rings is 1. The number of benzene rings is 1. The van der Waals surface area contributed by atoms with E-state index < -0.39 is 5.60 Å². The number of methoxy groups -OCH3 is 1. The van der Waals surface area contributed by atoms with Gasteiger partial charge in [0.2, 0.25) is 0 Å². The Labute approximate surface area is 231 Å². The number of amides is 1. The van der Waals surface area contributed by atoms with Crippen molar-refractivity contribution >= 4 is 17.5 Å². The number of hydrogen-bond acceptors (Lipinski definition) is 8. The van der Waals surface area contributed by atoms with Crippen molar-refractivity contribution < 1.29 is 19.0 Å². The quantitative estimate of drug-likeness (QED) is 0.559. The van der Waals surface area contributed by atoms with Crippen LogP contribution < -0.4 is 15.4 Å². The third kappa shape index (κ3) is 6.44. The van der Waals surface area contributed by atoms with Gasteiger partial charge in [0.15, 0.2) is 0 Å². The highest BCUT2D eigenvalue weighted by atomic mass is 16.6. The summed E-state index contributed by atoms with van der Waals surface area (Å²) in [6.07, 6.45) is 9.17. The third-order valence-electron chi connectivity index (χ3n) is 8.00. The van der Waals surface area contributed by atoms with E-state index in [1.165, 1.54) is 0 Å². The predicted molar refractivity (Wildman–Crippen MR) is 152 cm³/mol. The third-order valence-corrected chi connectivity index (χ3v) is 8.00. The summed E-state index contributed by atoms with van der Waals surface area (Å²) in [7, 11) is 1.66. The molecule has 0 bridgehead atoms. The van der Waals surface area contributed by atoms with Crippen molar-refractivity contribution in [2.24, 2.45) is 0 Å². The summed E-state index contributed by atoms with van der Waals surface area (Å²) in [5.41, 5.74) is 9.75. The van der Waals surface area contributed by atoms with Gasteiger partial charge in [-0.15, -0.1) is 0 Å². The molecule has 3 aliphatic heterocycles. The Morgan fingerprint density at radius 3 is 2.44 bits per heavy atom. The van der Waals surface area contributed by atoms with Crippen LogP contribution in [0.4, 0.5) is 16.2 Å². The van der Waals surface area contributed by atoms with E-state index in [-0.39, 0.29) is 12.3 Å². The number of piperazine rings is 1. The van der Waals surface area contributed by atoms with Crippen molar-refractivity contribution in [1.29, 1.82) is 0 Å². The highest BCUT2D eigenvalue weighted by Gasteiger charge is 2.31. The first-order valence-corrected chi connectivity index (χ1v) is 14.3. The van der Waals surface area contributed by atoms with E-state index in [4.69, 9.17) is 19.9 Å². The number of ether oxygens (including phenoxy) is 3. The van der Waals surface area contributed by atoms with Gasteiger partial charge >= 0.3 is 6.09 Å². The number of nitrogen functional groups attached to an aromatic ring is 1. The Balaban J connectivity index is 1.25. The maximum atomic E-state index is 12.5. The minimum Gasteiger partial charge on any atom is -0.495 e. The average Bonchev–Trinajstić information content (AvgIpc) is 3.43. The molecule has 0 aliphatic carbocycles. The van der Waals surface area contributed by atoms with E-state index in [1.807, 2.05) is 42.6 Å². The fourth-order valence-electron chi connectivity index (χ4n) is 5.89. The molecular formula is C29H44N6O4. The van der Waals surface area contributed by atoms with Gasteiger partial charge in [-0.3, -0.25) is 4.90 Å². The zero-order valence-corrected chi connectivity index (χ0v) is 23.9. The minimum atomic E-state index is -0.465. The summed E-state index contributed by atoms with van der Waals surface area (Å²) in [5.74, 6) is 0.692. The van der Waals surface area contributed by atoms with Crippen molar-refractivity contribution in [3.8, 4) is 16.9 Å². The second kappa shape index (κ2) is 11.6. The summed E-state index contributed by atoms with van der Waals surface area (Å²) in [4.78, 5) is 19.3. The first-order valence-electron chi connectivity index (χ1n) is 14.3. The van der Waals surface area contributed by atoms with Crippen LogP contribution in [-0.4, -0.2) is 90.3 Å². The van der Waals surface area contributed by atoms with Crippen molar-refractivity contribution in [3.63, 3.8) is 0 Å². The lowest BCUT2D eigenvalue weighted by Gasteiger charge is -2.43. The molecule has 1 atom stereocenters. The molecule has 0 saturated carbocycles. The molecule has 39 heavy (non-hydrogen) atoms. The van der Waals surface area contributed by atoms with Crippen molar-refractivity contribution in [3.05, 3.63) is 24.5 Å². The van der Waals surface area contributed by atoms with Crippen molar-refractivity contribution in [2.75, 3.05) is 63.6 Å². The monoisotopic (exact) mass is 540 g/mol. The highest BCUT2D eigenvalue weighted by molar-refractivity contribution is 5.83. The topological polar surface area (TPSA) is 98.3 Å². The lowest BCUT2D eigenvalue weighted by Crippen LogP contribution is -2.55. The fourth-order valence-corrected chi connectivity index (χ4v) is 5.89. The molecule has 3 saturated heterocycles. The lowest BCUT2D eigenvalue weighted by molar-refractivity contribution is -0.0394. The first kappa shape index (κ1) is 27.6. The number of hydrogen-bond donors (Lipinski definition) is 1. The Morgan fingerprint density at radius 2 is 1.79 bits per heavy atom. The smallest absolute Gasteiger partial charge is 0.410 e. The zero-order valence-electron chi connectivity index (χ0n) is 23.9. The SMILES string of the molecule is COc1cc(N2CCC(N3CCN(C(=O)OC(C)(C)C)CC3)CC2)c(-c2cnn(C3CCCCO3)c2)cc1N. The number of carbonyl (C=O) groups is 1. The van der Waals surface area contributed by atoms with Gasteiger partial charge < -0.3 is 29.7 Å². The molecule has 3 aliphatic rings. The normalized spacial score (nSPS) is 21.7.